The standard InChI is InChI=1S/C12H13N8O.Re/c1-6-7-4-15-19-11(7)21-3-2-20(6)10-8-5-14-18-9(8)16-12(13)17-10;/h4-6H,2-3H2,1H3,(H3-,13,14,15,16,17,18,19);/q-1;. The van der Waals surface area contributed by atoms with Crippen molar-refractivity contribution in [2.24, 2.45) is 0 Å². The summed E-state index contributed by atoms with van der Waals surface area (Å²) >= 11 is 0. The predicted molar refractivity (Wildman–Crippen MR) is 74.9 cm³/mol. The molecule has 1 aliphatic rings. The van der Waals surface area contributed by atoms with Crippen molar-refractivity contribution in [2.75, 3.05) is 23.8 Å². The summed E-state index contributed by atoms with van der Waals surface area (Å²) in [6.07, 6.45) is 3.42. The van der Waals surface area contributed by atoms with Gasteiger partial charge in [-0.05, 0) is 12.6 Å². The maximum Gasteiger partial charge on any atom is 0.214 e. The molecule has 4 heterocycles. The normalized spacial score (nSPS) is 17.5. The van der Waals surface area contributed by atoms with E-state index in [2.05, 4.69) is 42.2 Å². The van der Waals surface area contributed by atoms with E-state index >= 15 is 0 Å². The van der Waals surface area contributed by atoms with Gasteiger partial charge in [0.2, 0.25) is 5.88 Å². The van der Waals surface area contributed by atoms with E-state index in [0.717, 1.165) is 10.9 Å². The van der Waals surface area contributed by atoms with E-state index < -0.39 is 0 Å². The second-order valence-corrected chi connectivity index (χ2v) is 4.86. The molecule has 0 fully saturated rings. The summed E-state index contributed by atoms with van der Waals surface area (Å²) in [5.74, 6) is 1.59. The topological polar surface area (TPSA) is 120 Å². The van der Waals surface area contributed by atoms with Crippen LogP contribution in [-0.2, 0) is 20.4 Å². The van der Waals surface area contributed by atoms with Gasteiger partial charge in [0.15, 0.2) is 0 Å². The summed E-state index contributed by atoms with van der Waals surface area (Å²) in [5.41, 5.74) is 7.26. The number of nitrogens with two attached hydrogens (primary N) is 1. The second-order valence-electron chi connectivity index (χ2n) is 4.86. The number of nitrogens with zero attached hydrogens (tertiary/aromatic N) is 6. The number of fused-ring (bicyclic) bond motifs is 2. The fraction of sp³-hybridized carbons (Fsp3) is 0.333. The van der Waals surface area contributed by atoms with Crippen LogP contribution in [0.4, 0.5) is 11.8 Å². The van der Waals surface area contributed by atoms with Crippen molar-refractivity contribution >= 4 is 22.8 Å². The van der Waals surface area contributed by atoms with Gasteiger partial charge in [-0.15, -0.1) is 0 Å². The summed E-state index contributed by atoms with van der Waals surface area (Å²) in [4.78, 5) is 10.6. The van der Waals surface area contributed by atoms with E-state index in [1.54, 1.807) is 12.4 Å². The van der Waals surface area contributed by atoms with Crippen molar-refractivity contribution in [1.29, 1.82) is 0 Å². The SMILES string of the molecule is CC1c2cn[nH]c2OCCN1c1nc(N)nc2[n-]ncc12.[Re]. The summed E-state index contributed by atoms with van der Waals surface area (Å²) in [5, 5.41) is 15.5. The molecule has 1 aliphatic heterocycles. The smallest absolute Gasteiger partial charge is 0.214 e. The molecule has 3 aromatic heterocycles. The fourth-order valence-electron chi connectivity index (χ4n) is 2.61. The average molecular weight is 471 g/mol. The summed E-state index contributed by atoms with van der Waals surface area (Å²) in [7, 11) is 0. The second kappa shape index (κ2) is 5.55. The van der Waals surface area contributed by atoms with E-state index in [0.29, 0.717) is 30.5 Å². The molecule has 0 spiro atoms. The van der Waals surface area contributed by atoms with Gasteiger partial charge in [-0.3, -0.25) is 5.10 Å². The van der Waals surface area contributed by atoms with Crippen LogP contribution < -0.4 is 20.5 Å². The number of rotatable bonds is 1. The van der Waals surface area contributed by atoms with Crippen molar-refractivity contribution in [3.63, 3.8) is 0 Å². The van der Waals surface area contributed by atoms with Gasteiger partial charge in [-0.1, -0.05) is 0 Å². The van der Waals surface area contributed by atoms with E-state index in [4.69, 9.17) is 10.5 Å². The van der Waals surface area contributed by atoms with Crippen LogP contribution >= 0.6 is 0 Å². The van der Waals surface area contributed by atoms with Crippen LogP contribution in [0, 0.1) is 0 Å². The molecule has 0 aromatic carbocycles. The molecule has 22 heavy (non-hydrogen) atoms. The molecule has 115 valence electrons. The van der Waals surface area contributed by atoms with Crippen molar-refractivity contribution in [2.45, 2.75) is 13.0 Å². The van der Waals surface area contributed by atoms with Crippen LogP contribution in [0.5, 0.6) is 5.88 Å². The molecule has 1 unspecified atom stereocenters. The maximum atomic E-state index is 5.78. The van der Waals surface area contributed by atoms with Gasteiger partial charge >= 0.3 is 0 Å². The van der Waals surface area contributed by atoms with Crippen molar-refractivity contribution in [1.82, 2.24) is 30.4 Å². The van der Waals surface area contributed by atoms with Crippen LogP contribution in [0.1, 0.15) is 18.5 Å². The molecule has 0 saturated carbocycles. The van der Waals surface area contributed by atoms with Crippen LogP contribution in [0.25, 0.3) is 11.0 Å². The summed E-state index contributed by atoms with van der Waals surface area (Å²) in [6, 6.07) is 0.0358. The van der Waals surface area contributed by atoms with Crippen molar-refractivity contribution in [3.05, 3.63) is 18.0 Å². The predicted octanol–water partition coefficient (Wildman–Crippen LogP) is 0.245. The summed E-state index contributed by atoms with van der Waals surface area (Å²) < 4.78 is 5.67. The Kier molecular flexibility index (Phi) is 3.72. The Morgan fingerprint density at radius 2 is 2.27 bits per heavy atom. The molecule has 0 aliphatic carbocycles. The molecule has 3 N–H and O–H groups in total. The zero-order chi connectivity index (χ0) is 14.4. The Labute approximate surface area is 139 Å². The number of aromatic nitrogens is 6. The van der Waals surface area contributed by atoms with Crippen molar-refractivity contribution in [3.8, 4) is 5.88 Å². The maximum absolute atomic E-state index is 5.78. The third kappa shape index (κ3) is 2.21. The minimum Gasteiger partial charge on any atom is -0.476 e. The third-order valence-electron chi connectivity index (χ3n) is 3.66. The molecule has 9 nitrogen and oxygen atoms in total. The number of ether oxygens (including phenoxy) is 1. The number of H-pyrrole nitrogens is 1. The molecule has 1 radical (unpaired) electrons. The Morgan fingerprint density at radius 1 is 1.41 bits per heavy atom. The Balaban J connectivity index is 0.00000144. The fourth-order valence-corrected chi connectivity index (χ4v) is 2.61. The van der Waals surface area contributed by atoms with Crippen LogP contribution in [-0.4, -0.2) is 38.4 Å². The largest absolute Gasteiger partial charge is 0.476 e. The van der Waals surface area contributed by atoms with Gasteiger partial charge in [0.05, 0.1) is 24.3 Å². The van der Waals surface area contributed by atoms with E-state index in [1.165, 1.54) is 0 Å². The molecule has 4 rings (SSSR count). The van der Waals surface area contributed by atoms with Gasteiger partial charge in [0, 0.05) is 32.0 Å². The molecule has 10 heteroatoms. The number of nitrogen functional groups attached to an aromatic ring is 1. The number of aromatic amines is 1. The van der Waals surface area contributed by atoms with Crippen LogP contribution in [0.15, 0.2) is 12.4 Å². The van der Waals surface area contributed by atoms with Crippen LogP contribution in [0.3, 0.4) is 0 Å². The van der Waals surface area contributed by atoms with Gasteiger partial charge in [-0.2, -0.15) is 5.10 Å². The summed E-state index contributed by atoms with van der Waals surface area (Å²) in [6.45, 7) is 3.25. The third-order valence-corrected chi connectivity index (χ3v) is 3.66. The van der Waals surface area contributed by atoms with Crippen LogP contribution in [0.2, 0.25) is 0 Å². The number of hydrogen-bond acceptors (Lipinski definition) is 7. The molecular formula is C12H13N8ORe-. The van der Waals surface area contributed by atoms with Gasteiger partial charge < -0.3 is 25.5 Å². The van der Waals surface area contributed by atoms with E-state index in [1.807, 2.05) is 0 Å². The quantitative estimate of drug-likeness (QED) is 0.518. The van der Waals surface area contributed by atoms with E-state index in [-0.39, 0.29) is 32.4 Å². The Hall–Kier alpha value is -2.18. The van der Waals surface area contributed by atoms with E-state index in [9.17, 15) is 0 Å². The molecule has 1 atom stereocenters. The molecule has 0 amide bonds. The molecule has 3 aromatic rings. The molecular weight excluding hydrogens is 458 g/mol. The van der Waals surface area contributed by atoms with Gasteiger partial charge in [0.25, 0.3) is 0 Å². The average Bonchev–Trinajstić information content (AvgIpc) is 3.08. The first-order valence-electron chi connectivity index (χ1n) is 6.58. The number of nitrogens with one attached hydrogen (secondary N) is 1. The minimum absolute atomic E-state index is 0. The first-order chi connectivity index (χ1) is 10.2. The number of anilines is 2. The molecule has 0 bridgehead atoms. The first-order valence-corrected chi connectivity index (χ1v) is 6.58. The zero-order valence-corrected chi connectivity index (χ0v) is 14.4. The Morgan fingerprint density at radius 3 is 3.14 bits per heavy atom. The molecule has 0 saturated heterocycles. The minimum atomic E-state index is 0. The monoisotopic (exact) mass is 472 g/mol. The number of hydrogen-bond donors (Lipinski definition) is 2. The first kappa shape index (κ1) is 14.7. The van der Waals surface area contributed by atoms with Gasteiger partial charge in [0.1, 0.15) is 18.4 Å². The van der Waals surface area contributed by atoms with Crippen molar-refractivity contribution < 1.29 is 25.2 Å². The van der Waals surface area contributed by atoms with Gasteiger partial charge in [-0.25, -0.2) is 10.1 Å². The zero-order valence-electron chi connectivity index (χ0n) is 11.7. The Bertz CT molecular complexity index is 799.